The number of nitrogens with zero attached hydrogens (tertiary/aromatic N) is 1. The average Bonchev–Trinajstić information content (AvgIpc) is 2.72. The van der Waals surface area contributed by atoms with Crippen LogP contribution in [0.15, 0.2) is 18.2 Å². The molecule has 2 amide bonds. The van der Waals surface area contributed by atoms with E-state index in [1.54, 1.807) is 4.90 Å². The molecule has 1 aliphatic rings. The minimum absolute atomic E-state index is 0.0649. The number of carboxylic acids is 1. The van der Waals surface area contributed by atoms with Crippen molar-refractivity contribution in [3.63, 3.8) is 0 Å². The predicted molar refractivity (Wildman–Crippen MR) is 72.3 cm³/mol. The SMILES string of the molecule is CC1CN(C(=O)Nc2cc(C(=O)O)ccc2F)CC1C. The summed E-state index contributed by atoms with van der Waals surface area (Å²) >= 11 is 0. The second-order valence-corrected chi connectivity index (χ2v) is 5.29. The molecule has 0 bridgehead atoms. The highest BCUT2D eigenvalue weighted by Crippen LogP contribution is 2.23. The number of hydrogen-bond donors (Lipinski definition) is 2. The minimum atomic E-state index is -1.16. The third-order valence-corrected chi connectivity index (χ3v) is 3.73. The van der Waals surface area contributed by atoms with Gasteiger partial charge in [-0.2, -0.15) is 0 Å². The number of rotatable bonds is 2. The Morgan fingerprint density at radius 2 is 1.90 bits per heavy atom. The third kappa shape index (κ3) is 2.89. The summed E-state index contributed by atoms with van der Waals surface area (Å²) in [6.07, 6.45) is 0. The van der Waals surface area contributed by atoms with Crippen LogP contribution in [-0.4, -0.2) is 35.1 Å². The normalized spacial score (nSPS) is 21.9. The van der Waals surface area contributed by atoms with Crippen LogP contribution in [0.25, 0.3) is 0 Å². The van der Waals surface area contributed by atoms with Crippen molar-refractivity contribution in [3.05, 3.63) is 29.6 Å². The van der Waals surface area contributed by atoms with Crippen molar-refractivity contribution >= 4 is 17.7 Å². The lowest BCUT2D eigenvalue weighted by Gasteiger charge is -2.17. The van der Waals surface area contributed by atoms with Gasteiger partial charge in [-0.25, -0.2) is 14.0 Å². The molecule has 1 aromatic rings. The number of hydrogen-bond acceptors (Lipinski definition) is 2. The Morgan fingerprint density at radius 1 is 1.30 bits per heavy atom. The molecule has 20 heavy (non-hydrogen) atoms. The van der Waals surface area contributed by atoms with Crippen molar-refractivity contribution in [3.8, 4) is 0 Å². The van der Waals surface area contributed by atoms with Crippen molar-refractivity contribution in [2.24, 2.45) is 11.8 Å². The predicted octanol–water partition coefficient (Wildman–Crippen LogP) is 2.64. The number of likely N-dealkylation sites (tertiary alicyclic amines) is 1. The number of aromatic carboxylic acids is 1. The molecule has 0 aromatic heterocycles. The number of amides is 2. The first-order chi connectivity index (χ1) is 9.38. The molecule has 5 nitrogen and oxygen atoms in total. The van der Waals surface area contributed by atoms with Crippen LogP contribution < -0.4 is 5.32 Å². The molecular formula is C14H17FN2O3. The quantitative estimate of drug-likeness (QED) is 0.875. The van der Waals surface area contributed by atoms with Crippen LogP contribution >= 0.6 is 0 Å². The zero-order valence-electron chi connectivity index (χ0n) is 11.4. The number of carbonyl (C=O) groups excluding carboxylic acids is 1. The lowest BCUT2D eigenvalue weighted by molar-refractivity contribution is 0.0697. The summed E-state index contributed by atoms with van der Waals surface area (Å²) in [5.41, 5.74) is -0.174. The lowest BCUT2D eigenvalue weighted by atomic mass is 10.0. The molecule has 1 saturated heterocycles. The van der Waals surface area contributed by atoms with Crippen LogP contribution in [0.4, 0.5) is 14.9 Å². The number of carboxylic acid groups (broad SMARTS) is 1. The molecule has 0 aliphatic carbocycles. The number of urea groups is 1. The Morgan fingerprint density at radius 3 is 2.45 bits per heavy atom. The highest BCUT2D eigenvalue weighted by molar-refractivity contribution is 5.93. The zero-order chi connectivity index (χ0) is 14.9. The number of halogens is 1. The summed E-state index contributed by atoms with van der Waals surface area (Å²) in [6, 6.07) is 2.92. The minimum Gasteiger partial charge on any atom is -0.478 e. The second-order valence-electron chi connectivity index (χ2n) is 5.29. The topological polar surface area (TPSA) is 69.6 Å². The van der Waals surface area contributed by atoms with E-state index in [4.69, 9.17) is 5.11 Å². The van der Waals surface area contributed by atoms with E-state index in [0.717, 1.165) is 18.2 Å². The van der Waals surface area contributed by atoms with Crippen LogP contribution in [0.3, 0.4) is 0 Å². The van der Waals surface area contributed by atoms with Crippen molar-refractivity contribution < 1.29 is 19.1 Å². The standard InChI is InChI=1S/C14H17FN2O3/c1-8-6-17(7-9(8)2)14(20)16-12-5-10(13(18)19)3-4-11(12)15/h3-5,8-9H,6-7H2,1-2H3,(H,16,20)(H,18,19). The molecule has 0 spiro atoms. The molecule has 0 radical (unpaired) electrons. The molecule has 2 N–H and O–H groups in total. The first-order valence-electron chi connectivity index (χ1n) is 6.47. The number of nitrogens with one attached hydrogen (secondary N) is 1. The van der Waals surface area contributed by atoms with Gasteiger partial charge in [0.05, 0.1) is 11.3 Å². The largest absolute Gasteiger partial charge is 0.478 e. The van der Waals surface area contributed by atoms with E-state index in [1.165, 1.54) is 0 Å². The first-order valence-corrected chi connectivity index (χ1v) is 6.47. The Hall–Kier alpha value is -2.11. The van der Waals surface area contributed by atoms with Crippen molar-refractivity contribution in [2.75, 3.05) is 18.4 Å². The summed E-state index contributed by atoms with van der Waals surface area (Å²) in [5.74, 6) is -1.01. The zero-order valence-corrected chi connectivity index (χ0v) is 11.4. The molecule has 1 heterocycles. The average molecular weight is 280 g/mol. The van der Waals surface area contributed by atoms with Crippen LogP contribution in [0.2, 0.25) is 0 Å². The summed E-state index contributed by atoms with van der Waals surface area (Å²) < 4.78 is 13.6. The van der Waals surface area contributed by atoms with Crippen LogP contribution in [0.1, 0.15) is 24.2 Å². The molecule has 2 atom stereocenters. The van der Waals surface area contributed by atoms with Gasteiger partial charge in [-0.3, -0.25) is 0 Å². The van der Waals surface area contributed by atoms with E-state index < -0.39 is 17.8 Å². The Kier molecular flexibility index (Phi) is 3.92. The molecule has 1 aromatic carbocycles. The van der Waals surface area contributed by atoms with Gasteiger partial charge in [-0.15, -0.1) is 0 Å². The second kappa shape index (κ2) is 5.48. The maximum atomic E-state index is 13.6. The number of anilines is 1. The van der Waals surface area contributed by atoms with Gasteiger partial charge in [0, 0.05) is 13.1 Å². The highest BCUT2D eigenvalue weighted by Gasteiger charge is 2.29. The van der Waals surface area contributed by atoms with Crippen molar-refractivity contribution in [1.29, 1.82) is 0 Å². The summed E-state index contributed by atoms with van der Waals surface area (Å²) in [5, 5.41) is 11.3. The van der Waals surface area contributed by atoms with E-state index in [0.29, 0.717) is 24.9 Å². The van der Waals surface area contributed by atoms with Crippen LogP contribution in [0, 0.1) is 17.7 Å². The maximum absolute atomic E-state index is 13.6. The number of benzene rings is 1. The van der Waals surface area contributed by atoms with Gasteiger partial charge in [-0.1, -0.05) is 13.8 Å². The van der Waals surface area contributed by atoms with Gasteiger partial charge in [0.25, 0.3) is 0 Å². The van der Waals surface area contributed by atoms with E-state index in [-0.39, 0.29) is 11.3 Å². The molecule has 2 unspecified atom stereocenters. The first kappa shape index (κ1) is 14.3. The van der Waals surface area contributed by atoms with E-state index in [1.807, 2.05) is 0 Å². The molecule has 0 saturated carbocycles. The third-order valence-electron chi connectivity index (χ3n) is 3.73. The molecule has 2 rings (SSSR count). The molecule has 1 fully saturated rings. The van der Waals surface area contributed by atoms with E-state index in [2.05, 4.69) is 19.2 Å². The molecule has 6 heteroatoms. The van der Waals surface area contributed by atoms with Gasteiger partial charge >= 0.3 is 12.0 Å². The van der Waals surface area contributed by atoms with E-state index in [9.17, 15) is 14.0 Å². The monoisotopic (exact) mass is 280 g/mol. The molecular weight excluding hydrogens is 263 g/mol. The smallest absolute Gasteiger partial charge is 0.335 e. The Bertz CT molecular complexity index is 537. The van der Waals surface area contributed by atoms with Gasteiger partial charge in [0.2, 0.25) is 0 Å². The summed E-state index contributed by atoms with van der Waals surface area (Å²) in [6.45, 7) is 5.35. The van der Waals surface area contributed by atoms with Gasteiger partial charge in [0.1, 0.15) is 5.82 Å². The fraction of sp³-hybridized carbons (Fsp3) is 0.429. The molecule has 108 valence electrons. The van der Waals surface area contributed by atoms with Gasteiger partial charge in [0.15, 0.2) is 0 Å². The molecule has 1 aliphatic heterocycles. The Balaban J connectivity index is 2.12. The fourth-order valence-corrected chi connectivity index (χ4v) is 2.24. The summed E-state index contributed by atoms with van der Waals surface area (Å²) in [4.78, 5) is 24.5. The van der Waals surface area contributed by atoms with Crippen LogP contribution in [-0.2, 0) is 0 Å². The van der Waals surface area contributed by atoms with Crippen molar-refractivity contribution in [2.45, 2.75) is 13.8 Å². The van der Waals surface area contributed by atoms with E-state index >= 15 is 0 Å². The van der Waals surface area contributed by atoms with Gasteiger partial charge in [-0.05, 0) is 30.0 Å². The fourth-order valence-electron chi connectivity index (χ4n) is 2.24. The highest BCUT2D eigenvalue weighted by atomic mass is 19.1. The number of carbonyl (C=O) groups is 2. The maximum Gasteiger partial charge on any atom is 0.335 e. The van der Waals surface area contributed by atoms with Gasteiger partial charge < -0.3 is 15.3 Å². The van der Waals surface area contributed by atoms with Crippen LogP contribution in [0.5, 0.6) is 0 Å². The van der Waals surface area contributed by atoms with Crippen molar-refractivity contribution in [1.82, 2.24) is 4.90 Å². The lowest BCUT2D eigenvalue weighted by Crippen LogP contribution is -2.33. The Labute approximate surface area is 116 Å². The summed E-state index contributed by atoms with van der Waals surface area (Å²) in [7, 11) is 0.